The Morgan fingerprint density at radius 1 is 1.18 bits per heavy atom. The number of nitrogens with one attached hydrogen (secondary N) is 2. The Hall–Kier alpha value is -3.98. The maximum absolute atomic E-state index is 14.4. The van der Waals surface area contributed by atoms with Crippen molar-refractivity contribution in [3.05, 3.63) is 71.8 Å². The van der Waals surface area contributed by atoms with E-state index in [0.29, 0.717) is 36.2 Å². The monoisotopic (exact) mass is 461 g/mol. The highest BCUT2D eigenvalue weighted by molar-refractivity contribution is 5.92. The molecule has 9 heteroatoms. The van der Waals surface area contributed by atoms with Crippen LogP contribution in [-0.4, -0.2) is 40.7 Å². The first-order valence-corrected chi connectivity index (χ1v) is 11.0. The number of amides is 1. The van der Waals surface area contributed by atoms with Gasteiger partial charge in [0.05, 0.1) is 17.6 Å². The Morgan fingerprint density at radius 2 is 2.03 bits per heavy atom. The average molecular weight is 461 g/mol. The minimum absolute atomic E-state index is 0.0685. The van der Waals surface area contributed by atoms with Crippen LogP contribution in [0.1, 0.15) is 28.4 Å². The van der Waals surface area contributed by atoms with Crippen LogP contribution in [0.4, 0.5) is 16.0 Å². The number of carbonyl (C=O) groups is 1. The number of nitrogens with zero attached hydrogens (tertiary/aromatic N) is 3. The maximum atomic E-state index is 14.4. The topological polar surface area (TPSA) is 90.3 Å². The zero-order valence-electron chi connectivity index (χ0n) is 18.8. The third kappa shape index (κ3) is 4.29. The van der Waals surface area contributed by atoms with Gasteiger partial charge in [-0.2, -0.15) is 0 Å². The number of ether oxygens (including phenoxy) is 2. The van der Waals surface area contributed by atoms with E-state index in [9.17, 15) is 9.18 Å². The molecule has 5 rings (SSSR count). The number of hydrogen-bond donors (Lipinski definition) is 2. The summed E-state index contributed by atoms with van der Waals surface area (Å²) in [5.74, 6) is 1.26. The van der Waals surface area contributed by atoms with E-state index in [2.05, 4.69) is 15.6 Å². The van der Waals surface area contributed by atoms with Gasteiger partial charge in [0.25, 0.3) is 5.91 Å². The van der Waals surface area contributed by atoms with Gasteiger partial charge in [0.1, 0.15) is 23.0 Å². The van der Waals surface area contributed by atoms with Crippen LogP contribution in [0.15, 0.2) is 54.7 Å². The van der Waals surface area contributed by atoms with E-state index >= 15 is 0 Å². The number of anilines is 2. The highest BCUT2D eigenvalue weighted by Gasteiger charge is 2.21. The number of imidazole rings is 1. The molecule has 2 N–H and O–H groups in total. The molecule has 1 unspecified atom stereocenters. The second-order valence-corrected chi connectivity index (χ2v) is 8.12. The third-order valence-corrected chi connectivity index (χ3v) is 5.90. The molecule has 174 valence electrons. The van der Waals surface area contributed by atoms with E-state index in [1.807, 2.05) is 35.9 Å². The van der Waals surface area contributed by atoms with E-state index in [1.165, 1.54) is 12.3 Å². The van der Waals surface area contributed by atoms with Crippen LogP contribution in [0, 0.1) is 5.82 Å². The van der Waals surface area contributed by atoms with Crippen LogP contribution >= 0.6 is 0 Å². The van der Waals surface area contributed by atoms with Gasteiger partial charge in [-0.15, -0.1) is 0 Å². The first-order chi connectivity index (χ1) is 16.5. The van der Waals surface area contributed by atoms with Crippen molar-refractivity contribution in [3.63, 3.8) is 0 Å². The quantitative estimate of drug-likeness (QED) is 0.439. The Balaban J connectivity index is 1.39. The zero-order chi connectivity index (χ0) is 23.7. The molecule has 1 saturated heterocycles. The fraction of sp³-hybridized carbons (Fsp3) is 0.240. The molecule has 1 aliphatic heterocycles. The molecule has 4 aromatic rings. The van der Waals surface area contributed by atoms with Crippen molar-refractivity contribution in [2.24, 2.45) is 7.05 Å². The molecule has 1 fully saturated rings. The summed E-state index contributed by atoms with van der Waals surface area (Å²) in [7, 11) is 3.46. The lowest BCUT2D eigenvalue weighted by Gasteiger charge is -2.12. The number of rotatable bonds is 6. The van der Waals surface area contributed by atoms with E-state index in [-0.39, 0.29) is 23.3 Å². The number of hydrogen-bond acceptors (Lipinski definition) is 6. The first kappa shape index (κ1) is 21.8. The average Bonchev–Trinajstić information content (AvgIpc) is 3.48. The number of halogens is 1. The molecule has 0 spiro atoms. The van der Waals surface area contributed by atoms with Crippen LogP contribution in [-0.2, 0) is 11.8 Å². The zero-order valence-corrected chi connectivity index (χ0v) is 18.8. The highest BCUT2D eigenvalue weighted by Crippen LogP contribution is 2.32. The van der Waals surface area contributed by atoms with Crippen LogP contribution in [0.25, 0.3) is 11.0 Å². The minimum atomic E-state index is -0.286. The summed E-state index contributed by atoms with van der Waals surface area (Å²) >= 11 is 0. The largest absolute Gasteiger partial charge is 0.457 e. The predicted octanol–water partition coefficient (Wildman–Crippen LogP) is 4.51. The van der Waals surface area contributed by atoms with Crippen molar-refractivity contribution in [2.75, 3.05) is 25.6 Å². The molecule has 8 nitrogen and oxygen atoms in total. The fourth-order valence-electron chi connectivity index (χ4n) is 4.06. The summed E-state index contributed by atoms with van der Waals surface area (Å²) in [6.45, 7) is 1.20. The molecule has 0 saturated carbocycles. The van der Waals surface area contributed by atoms with Gasteiger partial charge >= 0.3 is 0 Å². The first-order valence-electron chi connectivity index (χ1n) is 11.0. The molecule has 3 heterocycles. The summed E-state index contributed by atoms with van der Waals surface area (Å²) in [6.07, 6.45) is 2.34. The molecule has 2 aromatic carbocycles. The SMILES string of the molecule is CNC(=O)c1cc(Oc2ccc3c(c2)nc(Nc2ccc(F)c(C4CCOC4)c2)n3C)ccn1. The smallest absolute Gasteiger partial charge is 0.269 e. The molecule has 1 aliphatic rings. The van der Waals surface area contributed by atoms with Crippen LogP contribution in [0.2, 0.25) is 0 Å². The van der Waals surface area contributed by atoms with Gasteiger partial charge in [-0.1, -0.05) is 0 Å². The Kier molecular flexibility index (Phi) is 5.85. The van der Waals surface area contributed by atoms with Gasteiger partial charge in [-0.25, -0.2) is 9.37 Å². The number of aryl methyl sites for hydroxylation is 1. The number of aromatic nitrogens is 3. The van der Waals surface area contributed by atoms with Crippen LogP contribution in [0.3, 0.4) is 0 Å². The molecule has 34 heavy (non-hydrogen) atoms. The van der Waals surface area contributed by atoms with E-state index in [0.717, 1.165) is 23.1 Å². The lowest BCUT2D eigenvalue weighted by atomic mass is 9.97. The lowest BCUT2D eigenvalue weighted by molar-refractivity contribution is 0.0958. The summed E-state index contributed by atoms with van der Waals surface area (Å²) < 4.78 is 27.7. The van der Waals surface area contributed by atoms with Gasteiger partial charge in [-0.3, -0.25) is 9.78 Å². The van der Waals surface area contributed by atoms with Gasteiger partial charge in [-0.05, 0) is 48.4 Å². The molecule has 1 amide bonds. The Labute approximate surface area is 195 Å². The van der Waals surface area contributed by atoms with Crippen molar-refractivity contribution >= 4 is 28.6 Å². The van der Waals surface area contributed by atoms with E-state index in [1.54, 1.807) is 25.2 Å². The molecule has 1 atom stereocenters. The van der Waals surface area contributed by atoms with Crippen molar-refractivity contribution < 1.29 is 18.7 Å². The summed E-state index contributed by atoms with van der Waals surface area (Å²) in [5.41, 5.74) is 3.33. The number of fused-ring (bicyclic) bond motifs is 1. The standard InChI is InChI=1S/C25H24FN5O3/c1-27-24(32)22-13-18(7-9-28-22)34-17-4-6-23-21(12-17)30-25(31(23)2)29-16-3-5-20(26)19(11-16)15-8-10-33-14-15/h3-7,9,11-13,15H,8,10,14H2,1-2H3,(H,27,32)(H,29,30). The maximum Gasteiger partial charge on any atom is 0.269 e. The normalized spacial score (nSPS) is 15.4. The molecule has 0 radical (unpaired) electrons. The van der Waals surface area contributed by atoms with E-state index in [4.69, 9.17) is 14.5 Å². The molecule has 0 aliphatic carbocycles. The number of pyridine rings is 1. The number of benzene rings is 2. The Bertz CT molecular complexity index is 1360. The van der Waals surface area contributed by atoms with Crippen LogP contribution < -0.4 is 15.4 Å². The summed E-state index contributed by atoms with van der Waals surface area (Å²) in [6, 6.07) is 13.9. The molecule has 2 aromatic heterocycles. The van der Waals surface area contributed by atoms with Crippen molar-refractivity contribution in [3.8, 4) is 11.5 Å². The van der Waals surface area contributed by atoms with Gasteiger partial charge in [0.15, 0.2) is 0 Å². The van der Waals surface area contributed by atoms with Gasteiger partial charge < -0.3 is 24.7 Å². The second-order valence-electron chi connectivity index (χ2n) is 8.12. The van der Waals surface area contributed by atoms with E-state index < -0.39 is 0 Å². The van der Waals surface area contributed by atoms with Gasteiger partial charge in [0, 0.05) is 50.6 Å². The summed E-state index contributed by atoms with van der Waals surface area (Å²) in [5, 5.41) is 5.84. The molecular formula is C25H24FN5O3. The second kappa shape index (κ2) is 9.11. The van der Waals surface area contributed by atoms with Crippen molar-refractivity contribution in [1.29, 1.82) is 0 Å². The molecule has 0 bridgehead atoms. The molecular weight excluding hydrogens is 437 g/mol. The fourth-order valence-corrected chi connectivity index (χ4v) is 4.06. The minimum Gasteiger partial charge on any atom is -0.457 e. The lowest BCUT2D eigenvalue weighted by Crippen LogP contribution is -2.18. The van der Waals surface area contributed by atoms with Crippen LogP contribution in [0.5, 0.6) is 11.5 Å². The Morgan fingerprint density at radius 3 is 2.82 bits per heavy atom. The predicted molar refractivity (Wildman–Crippen MR) is 126 cm³/mol. The third-order valence-electron chi connectivity index (χ3n) is 5.90. The van der Waals surface area contributed by atoms with Gasteiger partial charge in [0.2, 0.25) is 5.95 Å². The summed E-state index contributed by atoms with van der Waals surface area (Å²) in [4.78, 5) is 20.6. The number of carbonyl (C=O) groups excluding carboxylic acids is 1. The van der Waals surface area contributed by atoms with Crippen molar-refractivity contribution in [1.82, 2.24) is 19.9 Å². The highest BCUT2D eigenvalue weighted by atomic mass is 19.1. The van der Waals surface area contributed by atoms with Crippen molar-refractivity contribution in [2.45, 2.75) is 12.3 Å².